The lowest BCUT2D eigenvalue weighted by Gasteiger charge is -2.27. The van der Waals surface area contributed by atoms with E-state index in [1.54, 1.807) is 24.3 Å². The lowest BCUT2D eigenvalue weighted by Crippen LogP contribution is -2.24. The number of hydrogen-bond acceptors (Lipinski definition) is 12. The van der Waals surface area contributed by atoms with E-state index in [0.717, 1.165) is 36.8 Å². The summed E-state index contributed by atoms with van der Waals surface area (Å²) in [7, 11) is 0. The van der Waals surface area contributed by atoms with E-state index in [-0.39, 0.29) is 36.2 Å². The lowest BCUT2D eigenvalue weighted by atomic mass is 9.83. The van der Waals surface area contributed by atoms with Gasteiger partial charge in [-0.3, -0.25) is 9.78 Å². The van der Waals surface area contributed by atoms with Crippen LogP contribution in [0, 0.1) is 11.8 Å². The van der Waals surface area contributed by atoms with Gasteiger partial charge in [-0.2, -0.15) is 0 Å². The number of carbonyl (C=O) groups excluding carboxylic acids is 4. The van der Waals surface area contributed by atoms with Crippen molar-refractivity contribution in [3.63, 3.8) is 0 Å². The van der Waals surface area contributed by atoms with Gasteiger partial charge in [-0.25, -0.2) is 29.0 Å². The highest BCUT2D eigenvalue weighted by Crippen LogP contribution is 2.29. The molecule has 12 nitrogen and oxygen atoms in total. The van der Waals surface area contributed by atoms with Crippen LogP contribution in [0.2, 0.25) is 0 Å². The van der Waals surface area contributed by atoms with Gasteiger partial charge in [0.15, 0.2) is 0 Å². The topological polar surface area (TPSA) is 142 Å². The second-order valence-electron chi connectivity index (χ2n) is 9.95. The SMILES string of the molecule is CCCc1ccc(C(=O)OOOC(=O)OCC2CCC(COC(=O)OOOC(=O)c3ccc(CCC)cc3)CC2)cc1. The summed E-state index contributed by atoms with van der Waals surface area (Å²) < 4.78 is 10.0. The van der Waals surface area contributed by atoms with Gasteiger partial charge in [0.2, 0.25) is 0 Å². The maximum absolute atomic E-state index is 11.9. The van der Waals surface area contributed by atoms with Crippen molar-refractivity contribution in [3.05, 3.63) is 70.8 Å². The molecular weight excluding hydrogens is 552 g/mol. The number of rotatable bonds is 14. The maximum atomic E-state index is 11.9. The first-order valence-corrected chi connectivity index (χ1v) is 14.0. The van der Waals surface area contributed by atoms with Crippen molar-refractivity contribution in [3.8, 4) is 0 Å². The number of ether oxygens (including phenoxy) is 2. The molecule has 0 N–H and O–H groups in total. The Labute approximate surface area is 243 Å². The summed E-state index contributed by atoms with van der Waals surface area (Å²) >= 11 is 0. The Morgan fingerprint density at radius 2 is 0.929 bits per heavy atom. The van der Waals surface area contributed by atoms with Crippen LogP contribution >= 0.6 is 0 Å². The number of hydrogen-bond donors (Lipinski definition) is 0. The van der Waals surface area contributed by atoms with E-state index >= 15 is 0 Å². The summed E-state index contributed by atoms with van der Waals surface area (Å²) in [5.74, 6) is -1.47. The van der Waals surface area contributed by atoms with Gasteiger partial charge in [-0.05, 0) is 85.8 Å². The largest absolute Gasteiger partial charge is 0.543 e. The molecular formula is C30H36O12. The highest BCUT2D eigenvalue weighted by molar-refractivity contribution is 5.89. The molecule has 0 heterocycles. The molecule has 0 unspecified atom stereocenters. The van der Waals surface area contributed by atoms with E-state index < -0.39 is 24.2 Å². The fourth-order valence-corrected chi connectivity index (χ4v) is 4.42. The second-order valence-corrected chi connectivity index (χ2v) is 9.95. The first kappa shape index (κ1) is 32.4. The quantitative estimate of drug-likeness (QED) is 0.137. The van der Waals surface area contributed by atoms with E-state index in [1.807, 2.05) is 24.3 Å². The zero-order valence-corrected chi connectivity index (χ0v) is 23.7. The second kappa shape index (κ2) is 17.6. The average molecular weight is 589 g/mol. The van der Waals surface area contributed by atoms with Crippen molar-refractivity contribution in [2.45, 2.75) is 65.2 Å². The van der Waals surface area contributed by atoms with E-state index in [0.29, 0.717) is 25.7 Å². The summed E-state index contributed by atoms with van der Waals surface area (Å²) in [6, 6.07) is 13.6. The summed E-state index contributed by atoms with van der Waals surface area (Å²) in [6.07, 6.45) is 4.36. The van der Waals surface area contributed by atoms with Crippen molar-refractivity contribution < 1.29 is 58.3 Å². The molecule has 1 fully saturated rings. The van der Waals surface area contributed by atoms with Crippen molar-refractivity contribution >= 4 is 24.2 Å². The Balaban J connectivity index is 1.21. The fourth-order valence-electron chi connectivity index (χ4n) is 4.42. The van der Waals surface area contributed by atoms with Gasteiger partial charge in [0, 0.05) is 0 Å². The smallest absolute Gasteiger partial charge is 0.432 e. The summed E-state index contributed by atoms with van der Waals surface area (Å²) in [6.45, 7) is 4.30. The predicted octanol–water partition coefficient (Wildman–Crippen LogP) is 6.41. The van der Waals surface area contributed by atoms with Gasteiger partial charge in [0.05, 0.1) is 34.4 Å². The highest BCUT2D eigenvalue weighted by atomic mass is 17.5. The molecule has 3 rings (SSSR count). The van der Waals surface area contributed by atoms with Gasteiger partial charge >= 0.3 is 24.2 Å². The minimum Gasteiger partial charge on any atom is -0.432 e. The monoisotopic (exact) mass is 588 g/mol. The zero-order chi connectivity index (χ0) is 30.2. The molecule has 1 aliphatic carbocycles. The standard InChI is InChI=1S/C30H36O12/c1-3-5-21-11-15-25(16-12-21)27(31)37-41-39-29(33)35-19-23-7-9-24(10-8-23)20-36-30(34)40-42-38-28(32)26-17-13-22(6-4-2)14-18-26/h11-18,23-24H,3-10,19-20H2,1-2H3. The van der Waals surface area contributed by atoms with Crippen LogP contribution in [0.25, 0.3) is 0 Å². The molecule has 2 aromatic rings. The number of aryl methyl sites for hydroxylation is 2. The minimum absolute atomic E-state index is 0.0729. The van der Waals surface area contributed by atoms with Crippen LogP contribution in [0.1, 0.15) is 84.2 Å². The van der Waals surface area contributed by atoms with Gasteiger partial charge in [-0.15, -0.1) is 0 Å². The molecule has 1 saturated carbocycles. The van der Waals surface area contributed by atoms with Crippen LogP contribution in [0.3, 0.4) is 0 Å². The highest BCUT2D eigenvalue weighted by Gasteiger charge is 2.25. The van der Waals surface area contributed by atoms with E-state index in [2.05, 4.69) is 43.5 Å². The van der Waals surface area contributed by atoms with Gasteiger partial charge in [-0.1, -0.05) is 51.0 Å². The Morgan fingerprint density at radius 1 is 0.571 bits per heavy atom. The summed E-state index contributed by atoms with van der Waals surface area (Å²) in [5, 5.41) is 8.51. The van der Waals surface area contributed by atoms with E-state index in [4.69, 9.17) is 9.47 Å². The molecule has 0 radical (unpaired) electrons. The van der Waals surface area contributed by atoms with Gasteiger partial charge in [0.25, 0.3) is 0 Å². The van der Waals surface area contributed by atoms with Crippen LogP contribution in [0.4, 0.5) is 9.59 Å². The number of benzene rings is 2. The van der Waals surface area contributed by atoms with Crippen LogP contribution < -0.4 is 0 Å². The summed E-state index contributed by atoms with van der Waals surface area (Å²) in [4.78, 5) is 65.0. The van der Waals surface area contributed by atoms with Crippen LogP contribution in [0.5, 0.6) is 0 Å². The number of carbonyl (C=O) groups is 4. The van der Waals surface area contributed by atoms with Crippen molar-refractivity contribution in [2.24, 2.45) is 11.8 Å². The molecule has 228 valence electrons. The van der Waals surface area contributed by atoms with Crippen molar-refractivity contribution in [1.82, 2.24) is 0 Å². The fraction of sp³-hybridized carbons (Fsp3) is 0.467. The van der Waals surface area contributed by atoms with Crippen LogP contribution in [-0.2, 0) is 51.9 Å². The third-order valence-corrected chi connectivity index (χ3v) is 6.72. The predicted molar refractivity (Wildman–Crippen MR) is 144 cm³/mol. The van der Waals surface area contributed by atoms with Gasteiger partial charge in [0.1, 0.15) is 0 Å². The molecule has 12 heteroatoms. The van der Waals surface area contributed by atoms with Crippen LogP contribution in [0.15, 0.2) is 48.5 Å². The van der Waals surface area contributed by atoms with E-state index in [9.17, 15) is 19.2 Å². The first-order valence-electron chi connectivity index (χ1n) is 14.0. The molecule has 0 atom stereocenters. The van der Waals surface area contributed by atoms with E-state index in [1.165, 1.54) is 0 Å². The van der Waals surface area contributed by atoms with Gasteiger partial charge < -0.3 is 9.47 Å². The Kier molecular flexibility index (Phi) is 13.6. The molecule has 0 saturated heterocycles. The minimum atomic E-state index is -1.14. The molecule has 42 heavy (non-hydrogen) atoms. The normalized spacial score (nSPS) is 16.1. The molecule has 0 amide bonds. The molecule has 0 aliphatic heterocycles. The molecule has 0 spiro atoms. The zero-order valence-electron chi connectivity index (χ0n) is 23.7. The maximum Gasteiger partial charge on any atom is 0.543 e. The van der Waals surface area contributed by atoms with Crippen molar-refractivity contribution in [1.29, 1.82) is 0 Å². The molecule has 0 aromatic heterocycles. The van der Waals surface area contributed by atoms with Crippen LogP contribution in [-0.4, -0.2) is 37.5 Å². The Hall–Kier alpha value is -4.16. The molecule has 1 aliphatic rings. The third-order valence-electron chi connectivity index (χ3n) is 6.72. The van der Waals surface area contributed by atoms with Crippen molar-refractivity contribution in [2.75, 3.05) is 13.2 Å². The lowest BCUT2D eigenvalue weighted by molar-refractivity contribution is -0.452. The first-order chi connectivity index (χ1) is 20.4. The summed E-state index contributed by atoms with van der Waals surface area (Å²) in [5.41, 5.74) is 2.68. The molecule has 2 aromatic carbocycles. The third kappa shape index (κ3) is 11.4. The molecule has 0 bridgehead atoms. The average Bonchev–Trinajstić information content (AvgIpc) is 3.00. The Bertz CT molecular complexity index is 1050. The Morgan fingerprint density at radius 3 is 1.26 bits per heavy atom.